The Morgan fingerprint density at radius 3 is 2.57 bits per heavy atom. The monoisotopic (exact) mass is 438 g/mol. The molecule has 1 heterocycles. The number of nitrogens with one attached hydrogen (secondary N) is 1. The summed E-state index contributed by atoms with van der Waals surface area (Å²) in [6.07, 6.45) is -4.46. The van der Waals surface area contributed by atoms with E-state index in [9.17, 15) is 22.8 Å². The Hall–Kier alpha value is -2.84. The number of carbonyl (C=O) groups is 1. The number of alkyl halides is 3. The lowest BCUT2D eigenvalue weighted by molar-refractivity contribution is -0.137. The van der Waals surface area contributed by atoms with E-state index in [1.165, 1.54) is 24.3 Å². The van der Waals surface area contributed by atoms with E-state index >= 15 is 0 Å². The van der Waals surface area contributed by atoms with Crippen LogP contribution in [0.2, 0.25) is 5.02 Å². The molecule has 30 heavy (non-hydrogen) atoms. The van der Waals surface area contributed by atoms with E-state index in [0.717, 1.165) is 18.2 Å². The molecule has 1 N–H and O–H groups in total. The Bertz CT molecular complexity index is 1140. The van der Waals surface area contributed by atoms with Crippen LogP contribution in [0.3, 0.4) is 0 Å². The molecule has 0 aliphatic rings. The van der Waals surface area contributed by atoms with Gasteiger partial charge < -0.3 is 14.6 Å². The molecule has 0 unspecified atom stereocenters. The van der Waals surface area contributed by atoms with E-state index in [0.29, 0.717) is 10.6 Å². The molecule has 0 aliphatic carbocycles. The molecule has 0 radical (unpaired) electrons. The van der Waals surface area contributed by atoms with Gasteiger partial charge in [0.05, 0.1) is 17.0 Å². The van der Waals surface area contributed by atoms with Crippen LogP contribution in [0, 0.1) is 0 Å². The van der Waals surface area contributed by atoms with Crippen LogP contribution in [-0.4, -0.2) is 31.4 Å². The number of carbonyl (C=O) groups excluding carboxylic acids is 1. The second kappa shape index (κ2) is 8.49. The molecule has 0 spiro atoms. The Balaban J connectivity index is 1.82. The first-order valence-corrected chi connectivity index (χ1v) is 9.29. The van der Waals surface area contributed by atoms with Crippen molar-refractivity contribution in [2.24, 2.45) is 0 Å². The number of fused-ring (bicyclic) bond motifs is 1. The van der Waals surface area contributed by atoms with Crippen molar-refractivity contribution in [3.8, 4) is 0 Å². The highest BCUT2D eigenvalue weighted by Crippen LogP contribution is 2.31. The molecule has 1 atom stereocenters. The number of nitrogens with zero attached hydrogens (tertiary/aromatic N) is 1. The second-order valence-electron chi connectivity index (χ2n) is 6.93. The van der Waals surface area contributed by atoms with Gasteiger partial charge >= 0.3 is 6.18 Å². The van der Waals surface area contributed by atoms with Crippen molar-refractivity contribution in [2.75, 3.05) is 20.6 Å². The molecule has 3 aromatic rings. The van der Waals surface area contributed by atoms with Crippen LogP contribution in [0.25, 0.3) is 11.0 Å². The molecule has 5 nitrogen and oxygen atoms in total. The van der Waals surface area contributed by atoms with Crippen LogP contribution in [0.1, 0.15) is 27.7 Å². The largest absolute Gasteiger partial charge is 0.451 e. The molecular formula is C21H18ClF3N2O3. The van der Waals surface area contributed by atoms with Gasteiger partial charge in [0.1, 0.15) is 5.58 Å². The van der Waals surface area contributed by atoms with Crippen molar-refractivity contribution in [2.45, 2.75) is 12.2 Å². The van der Waals surface area contributed by atoms with Gasteiger partial charge in [-0.2, -0.15) is 13.2 Å². The molecule has 0 bridgehead atoms. The van der Waals surface area contributed by atoms with E-state index in [-0.39, 0.29) is 23.3 Å². The van der Waals surface area contributed by atoms with E-state index in [1.807, 2.05) is 0 Å². The highest BCUT2D eigenvalue weighted by Gasteiger charge is 2.31. The summed E-state index contributed by atoms with van der Waals surface area (Å²) in [5, 5.41) is 3.23. The Morgan fingerprint density at radius 1 is 1.17 bits per heavy atom. The average molecular weight is 439 g/mol. The number of likely N-dealkylation sites (N-methyl/N-ethyl adjacent to an activating group) is 1. The molecule has 2 aromatic carbocycles. The van der Waals surface area contributed by atoms with Crippen LogP contribution < -0.4 is 10.7 Å². The van der Waals surface area contributed by atoms with Crippen LogP contribution in [0.5, 0.6) is 0 Å². The molecule has 0 fully saturated rings. The van der Waals surface area contributed by atoms with Gasteiger partial charge in [0.25, 0.3) is 5.91 Å². The predicted molar refractivity (Wildman–Crippen MR) is 108 cm³/mol. The minimum Gasteiger partial charge on any atom is -0.451 e. The van der Waals surface area contributed by atoms with Crippen molar-refractivity contribution in [1.82, 2.24) is 10.2 Å². The maximum Gasteiger partial charge on any atom is 0.416 e. The van der Waals surface area contributed by atoms with Crippen LogP contribution >= 0.6 is 11.6 Å². The predicted octanol–water partition coefficient (Wildman–Crippen LogP) is 4.50. The first-order valence-electron chi connectivity index (χ1n) is 8.91. The molecule has 9 heteroatoms. The zero-order valence-electron chi connectivity index (χ0n) is 16.1. The zero-order chi connectivity index (χ0) is 22.1. The number of benzene rings is 2. The van der Waals surface area contributed by atoms with Gasteiger partial charge in [-0.15, -0.1) is 0 Å². The Morgan fingerprint density at radius 2 is 1.90 bits per heavy atom. The summed E-state index contributed by atoms with van der Waals surface area (Å²) in [5.41, 5.74) is -0.591. The Labute approximate surface area is 175 Å². The normalized spacial score (nSPS) is 12.9. The molecule has 1 aromatic heterocycles. The van der Waals surface area contributed by atoms with Gasteiger partial charge in [0.15, 0.2) is 11.2 Å². The van der Waals surface area contributed by atoms with Crippen molar-refractivity contribution in [3.05, 3.63) is 80.7 Å². The number of rotatable bonds is 5. The summed E-state index contributed by atoms with van der Waals surface area (Å²) in [4.78, 5) is 26.5. The summed E-state index contributed by atoms with van der Waals surface area (Å²) in [7, 11) is 3.38. The minimum absolute atomic E-state index is 0.00943. The zero-order valence-corrected chi connectivity index (χ0v) is 16.8. The van der Waals surface area contributed by atoms with Crippen LogP contribution in [0.15, 0.2) is 57.7 Å². The lowest BCUT2D eigenvalue weighted by Crippen LogP contribution is -2.35. The van der Waals surface area contributed by atoms with Crippen molar-refractivity contribution < 1.29 is 22.4 Å². The quantitative estimate of drug-likeness (QED) is 0.637. The smallest absolute Gasteiger partial charge is 0.416 e. The fraction of sp³-hybridized carbons (Fsp3) is 0.238. The summed E-state index contributed by atoms with van der Waals surface area (Å²) in [6, 6.07) is 9.92. The first kappa shape index (κ1) is 21.9. The number of amides is 1. The van der Waals surface area contributed by atoms with E-state index in [1.54, 1.807) is 25.1 Å². The van der Waals surface area contributed by atoms with Gasteiger partial charge in [0, 0.05) is 17.6 Å². The minimum atomic E-state index is -4.46. The standard InChI is InChI=1S/C21H18ClF3N2O3/c1-27(2)16(12-4-3-5-13(8-12)21(23,24)25)11-26-20(29)19-10-17(28)15-9-14(22)6-7-18(15)30-19/h3-10,16H,11H2,1-2H3,(H,26,29)/t16-/m1/s1. The summed E-state index contributed by atoms with van der Waals surface area (Å²) < 4.78 is 44.6. The summed E-state index contributed by atoms with van der Waals surface area (Å²) >= 11 is 5.87. The van der Waals surface area contributed by atoms with Gasteiger partial charge in [-0.1, -0.05) is 23.7 Å². The summed E-state index contributed by atoms with van der Waals surface area (Å²) in [6.45, 7) is 0.00943. The average Bonchev–Trinajstić information content (AvgIpc) is 2.67. The third-order valence-electron chi connectivity index (χ3n) is 4.59. The van der Waals surface area contributed by atoms with Crippen LogP contribution in [-0.2, 0) is 6.18 Å². The maximum atomic E-state index is 13.0. The lowest BCUT2D eigenvalue weighted by atomic mass is 10.0. The van der Waals surface area contributed by atoms with Crippen molar-refractivity contribution in [1.29, 1.82) is 0 Å². The fourth-order valence-electron chi connectivity index (χ4n) is 3.04. The highest BCUT2D eigenvalue weighted by atomic mass is 35.5. The third kappa shape index (κ3) is 4.83. The number of hydrogen-bond donors (Lipinski definition) is 1. The second-order valence-corrected chi connectivity index (χ2v) is 7.36. The molecule has 0 saturated carbocycles. The van der Waals surface area contributed by atoms with Crippen LogP contribution in [0.4, 0.5) is 13.2 Å². The third-order valence-corrected chi connectivity index (χ3v) is 4.83. The molecule has 3 rings (SSSR count). The fourth-order valence-corrected chi connectivity index (χ4v) is 3.21. The first-order chi connectivity index (χ1) is 14.1. The van der Waals surface area contributed by atoms with Gasteiger partial charge in [-0.05, 0) is 50.0 Å². The molecular weight excluding hydrogens is 421 g/mol. The van der Waals surface area contributed by atoms with Crippen molar-refractivity contribution in [3.63, 3.8) is 0 Å². The van der Waals surface area contributed by atoms with Gasteiger partial charge in [-0.3, -0.25) is 9.59 Å². The number of halogens is 4. The van der Waals surface area contributed by atoms with E-state index in [4.69, 9.17) is 16.0 Å². The van der Waals surface area contributed by atoms with Gasteiger partial charge in [-0.25, -0.2) is 0 Å². The SMILES string of the molecule is CN(C)[C@H](CNC(=O)c1cc(=O)c2cc(Cl)ccc2o1)c1cccc(C(F)(F)F)c1. The van der Waals surface area contributed by atoms with Gasteiger partial charge in [0.2, 0.25) is 0 Å². The highest BCUT2D eigenvalue weighted by molar-refractivity contribution is 6.31. The molecule has 158 valence electrons. The number of hydrogen-bond acceptors (Lipinski definition) is 4. The molecule has 1 amide bonds. The Kier molecular flexibility index (Phi) is 6.19. The van der Waals surface area contributed by atoms with E-state index < -0.39 is 29.1 Å². The lowest BCUT2D eigenvalue weighted by Gasteiger charge is -2.25. The topological polar surface area (TPSA) is 62.6 Å². The van der Waals surface area contributed by atoms with E-state index in [2.05, 4.69) is 5.32 Å². The maximum absolute atomic E-state index is 13.0. The molecule has 0 aliphatic heterocycles. The summed E-state index contributed by atoms with van der Waals surface area (Å²) in [5.74, 6) is -0.848. The molecule has 0 saturated heterocycles. The van der Waals surface area contributed by atoms with Crippen molar-refractivity contribution >= 4 is 28.5 Å².